The number of rotatable bonds is 5. The highest BCUT2D eigenvalue weighted by molar-refractivity contribution is 5.74. The van der Waals surface area contributed by atoms with Gasteiger partial charge in [0.05, 0.1) is 12.2 Å². The summed E-state index contributed by atoms with van der Waals surface area (Å²) in [5.41, 5.74) is 1.38. The maximum Gasteiger partial charge on any atom is 0.315 e. The van der Waals surface area contributed by atoms with Gasteiger partial charge < -0.3 is 15.2 Å². The van der Waals surface area contributed by atoms with E-state index in [9.17, 15) is 9.18 Å². The summed E-state index contributed by atoms with van der Waals surface area (Å²) in [6.45, 7) is 2.03. The number of carbonyl (C=O) groups is 1. The SMILES string of the molecule is C[C@@H](NC(=O)NCc1ccccn1)c1nc(-c2ccc(F)cc2)no1. The van der Waals surface area contributed by atoms with Gasteiger partial charge in [-0.2, -0.15) is 4.98 Å². The Hall–Kier alpha value is -3.29. The van der Waals surface area contributed by atoms with Crippen LogP contribution < -0.4 is 10.6 Å². The molecule has 128 valence electrons. The zero-order valence-corrected chi connectivity index (χ0v) is 13.4. The molecular formula is C17H16FN5O2. The van der Waals surface area contributed by atoms with Crippen LogP contribution in [0.25, 0.3) is 11.4 Å². The topological polar surface area (TPSA) is 92.9 Å². The van der Waals surface area contributed by atoms with Crippen LogP contribution in [-0.2, 0) is 6.54 Å². The van der Waals surface area contributed by atoms with Crippen LogP contribution in [0.1, 0.15) is 24.6 Å². The average Bonchev–Trinajstić information content (AvgIpc) is 3.12. The highest BCUT2D eigenvalue weighted by Gasteiger charge is 2.17. The van der Waals surface area contributed by atoms with Crippen LogP contribution in [0.15, 0.2) is 53.2 Å². The van der Waals surface area contributed by atoms with Crippen molar-refractivity contribution in [3.05, 3.63) is 66.1 Å². The Balaban J connectivity index is 1.57. The first-order valence-corrected chi connectivity index (χ1v) is 7.65. The molecule has 2 N–H and O–H groups in total. The number of carbonyl (C=O) groups excluding carboxylic acids is 1. The fourth-order valence-corrected chi connectivity index (χ4v) is 2.11. The van der Waals surface area contributed by atoms with Gasteiger partial charge in [-0.1, -0.05) is 11.2 Å². The molecule has 0 aliphatic heterocycles. The minimum absolute atomic E-state index is 0.257. The third-order valence-corrected chi connectivity index (χ3v) is 3.42. The minimum Gasteiger partial charge on any atom is -0.337 e. The average molecular weight is 341 g/mol. The monoisotopic (exact) mass is 341 g/mol. The van der Waals surface area contributed by atoms with Gasteiger partial charge in [-0.3, -0.25) is 4.98 Å². The van der Waals surface area contributed by atoms with Gasteiger partial charge in [0.25, 0.3) is 0 Å². The lowest BCUT2D eigenvalue weighted by Gasteiger charge is -2.10. The molecule has 2 heterocycles. The maximum absolute atomic E-state index is 13.0. The van der Waals surface area contributed by atoms with Crippen LogP contribution >= 0.6 is 0 Å². The Morgan fingerprint density at radius 1 is 1.24 bits per heavy atom. The molecule has 3 rings (SSSR count). The fraction of sp³-hybridized carbons (Fsp3) is 0.176. The third-order valence-electron chi connectivity index (χ3n) is 3.42. The molecule has 25 heavy (non-hydrogen) atoms. The van der Waals surface area contributed by atoms with Gasteiger partial charge >= 0.3 is 6.03 Å². The molecule has 1 atom stereocenters. The second-order valence-electron chi connectivity index (χ2n) is 5.33. The lowest BCUT2D eigenvalue weighted by molar-refractivity contribution is 0.233. The predicted molar refractivity (Wildman–Crippen MR) is 87.7 cm³/mol. The minimum atomic E-state index is -0.481. The van der Waals surface area contributed by atoms with E-state index in [1.807, 2.05) is 12.1 Å². The lowest BCUT2D eigenvalue weighted by atomic mass is 10.2. The standard InChI is InChI=1S/C17H16FN5O2/c1-11(21-17(24)20-10-14-4-2-3-9-19-14)16-22-15(23-25-16)12-5-7-13(18)8-6-12/h2-9,11H,10H2,1H3,(H2,20,21,24)/t11-/m1/s1. The van der Waals surface area contributed by atoms with E-state index in [0.29, 0.717) is 17.9 Å². The molecule has 8 heteroatoms. The highest BCUT2D eigenvalue weighted by atomic mass is 19.1. The van der Waals surface area contributed by atoms with Crippen molar-refractivity contribution < 1.29 is 13.7 Å². The van der Waals surface area contributed by atoms with Crippen LogP contribution in [0.2, 0.25) is 0 Å². The number of urea groups is 1. The summed E-state index contributed by atoms with van der Waals surface area (Å²) >= 11 is 0. The normalized spacial score (nSPS) is 11.8. The fourth-order valence-electron chi connectivity index (χ4n) is 2.11. The van der Waals surface area contributed by atoms with E-state index in [1.54, 1.807) is 31.3 Å². The zero-order valence-electron chi connectivity index (χ0n) is 13.4. The summed E-state index contributed by atoms with van der Waals surface area (Å²) in [6, 6.07) is 10.4. The molecule has 0 aliphatic carbocycles. The molecule has 0 saturated carbocycles. The maximum atomic E-state index is 13.0. The third kappa shape index (κ3) is 4.37. The Morgan fingerprint density at radius 3 is 2.76 bits per heavy atom. The summed E-state index contributed by atoms with van der Waals surface area (Å²) in [7, 11) is 0. The number of nitrogens with zero attached hydrogens (tertiary/aromatic N) is 3. The second kappa shape index (κ2) is 7.52. The van der Waals surface area contributed by atoms with Crippen LogP contribution in [-0.4, -0.2) is 21.2 Å². The first-order chi connectivity index (χ1) is 12.1. The Morgan fingerprint density at radius 2 is 2.04 bits per heavy atom. The van der Waals surface area contributed by atoms with Gasteiger partial charge in [-0.05, 0) is 43.3 Å². The van der Waals surface area contributed by atoms with Gasteiger partial charge in [0, 0.05) is 11.8 Å². The largest absolute Gasteiger partial charge is 0.337 e. The molecule has 0 saturated heterocycles. The van der Waals surface area contributed by atoms with Crippen LogP contribution in [0.4, 0.5) is 9.18 Å². The molecule has 2 aromatic heterocycles. The van der Waals surface area contributed by atoms with Crippen molar-refractivity contribution in [3.63, 3.8) is 0 Å². The molecular weight excluding hydrogens is 325 g/mol. The van der Waals surface area contributed by atoms with E-state index < -0.39 is 6.04 Å². The van der Waals surface area contributed by atoms with E-state index in [4.69, 9.17) is 4.52 Å². The van der Waals surface area contributed by atoms with Gasteiger partial charge in [0.15, 0.2) is 0 Å². The number of halogens is 1. The number of nitrogens with one attached hydrogen (secondary N) is 2. The molecule has 7 nitrogen and oxygen atoms in total. The molecule has 2 amide bonds. The summed E-state index contributed by atoms with van der Waals surface area (Å²) in [5.74, 6) is 0.247. The van der Waals surface area contributed by atoms with Crippen LogP contribution in [0.5, 0.6) is 0 Å². The number of aromatic nitrogens is 3. The van der Waals surface area contributed by atoms with E-state index in [1.165, 1.54) is 12.1 Å². The molecule has 0 spiro atoms. The number of pyridine rings is 1. The molecule has 0 aliphatic rings. The van der Waals surface area contributed by atoms with E-state index in [-0.39, 0.29) is 17.7 Å². The highest BCUT2D eigenvalue weighted by Crippen LogP contribution is 2.18. The molecule has 1 aromatic carbocycles. The Kier molecular flexibility index (Phi) is 4.98. The van der Waals surface area contributed by atoms with Crippen molar-refractivity contribution in [2.75, 3.05) is 0 Å². The van der Waals surface area contributed by atoms with Gasteiger partial charge in [0.2, 0.25) is 11.7 Å². The quantitative estimate of drug-likeness (QED) is 0.744. The Labute approximate surface area is 143 Å². The first-order valence-electron chi connectivity index (χ1n) is 7.65. The number of benzene rings is 1. The summed E-state index contributed by atoms with van der Waals surface area (Å²) in [6.07, 6.45) is 1.66. The van der Waals surface area contributed by atoms with Crippen molar-refractivity contribution in [1.29, 1.82) is 0 Å². The van der Waals surface area contributed by atoms with Crippen molar-refractivity contribution >= 4 is 6.03 Å². The molecule has 0 bridgehead atoms. The summed E-state index contributed by atoms with van der Waals surface area (Å²) in [5, 5.41) is 9.25. The van der Waals surface area contributed by atoms with Crippen molar-refractivity contribution in [2.24, 2.45) is 0 Å². The lowest BCUT2D eigenvalue weighted by Crippen LogP contribution is -2.36. The predicted octanol–water partition coefficient (Wildman–Crippen LogP) is 2.83. The second-order valence-corrected chi connectivity index (χ2v) is 5.33. The zero-order chi connectivity index (χ0) is 17.6. The van der Waals surface area contributed by atoms with E-state index in [2.05, 4.69) is 25.8 Å². The molecule has 0 fully saturated rings. The molecule has 3 aromatic rings. The van der Waals surface area contributed by atoms with Crippen molar-refractivity contribution in [3.8, 4) is 11.4 Å². The van der Waals surface area contributed by atoms with Gasteiger partial charge in [-0.15, -0.1) is 0 Å². The number of amides is 2. The first kappa shape index (κ1) is 16.6. The Bertz CT molecular complexity index is 836. The molecule has 0 unspecified atom stereocenters. The van der Waals surface area contributed by atoms with Crippen molar-refractivity contribution in [1.82, 2.24) is 25.8 Å². The van der Waals surface area contributed by atoms with Gasteiger partial charge in [0.1, 0.15) is 11.9 Å². The number of hydrogen-bond acceptors (Lipinski definition) is 5. The molecule has 0 radical (unpaired) electrons. The van der Waals surface area contributed by atoms with Crippen molar-refractivity contribution in [2.45, 2.75) is 19.5 Å². The number of hydrogen-bond donors (Lipinski definition) is 2. The summed E-state index contributed by atoms with van der Waals surface area (Å²) in [4.78, 5) is 20.3. The van der Waals surface area contributed by atoms with Gasteiger partial charge in [-0.25, -0.2) is 9.18 Å². The van der Waals surface area contributed by atoms with E-state index >= 15 is 0 Å². The van der Waals surface area contributed by atoms with E-state index in [0.717, 1.165) is 5.69 Å². The summed E-state index contributed by atoms with van der Waals surface area (Å²) < 4.78 is 18.1. The smallest absolute Gasteiger partial charge is 0.315 e. The van der Waals surface area contributed by atoms with Crippen LogP contribution in [0, 0.1) is 5.82 Å². The van der Waals surface area contributed by atoms with Crippen LogP contribution in [0.3, 0.4) is 0 Å².